The number of fused-ring (bicyclic) bond motifs is 1. The normalized spacial score (nSPS) is 20.6. The van der Waals surface area contributed by atoms with Gasteiger partial charge in [0.2, 0.25) is 0 Å². The van der Waals surface area contributed by atoms with E-state index in [4.69, 9.17) is 9.47 Å². The molecule has 1 aliphatic rings. The average molecular weight is 270 g/mol. The third-order valence-corrected chi connectivity index (χ3v) is 3.25. The second-order valence-corrected chi connectivity index (χ2v) is 4.74. The van der Waals surface area contributed by atoms with E-state index in [1.807, 2.05) is 31.2 Å². The zero-order valence-corrected chi connectivity index (χ0v) is 11.0. The van der Waals surface area contributed by atoms with E-state index < -0.39 is 5.97 Å². The van der Waals surface area contributed by atoms with Gasteiger partial charge < -0.3 is 9.47 Å². The van der Waals surface area contributed by atoms with Gasteiger partial charge in [-0.1, -0.05) is 25.1 Å². The van der Waals surface area contributed by atoms with Crippen molar-refractivity contribution in [3.8, 4) is 5.75 Å². The highest BCUT2D eigenvalue weighted by Crippen LogP contribution is 2.37. The number of hydrogen-bond acceptors (Lipinski definition) is 5. The summed E-state index contributed by atoms with van der Waals surface area (Å²) in [5.74, 6) is 0.389. The quantitative estimate of drug-likeness (QED) is 0.784. The standard InChI is InChI=1S/C15H14N2O3/c1-10-9-19-13-5-3-2-4-11(13)14(10)20-15(18)12-8-16-6-7-17-12/h2-8,10,14H,9H2,1H3/t10-,14-/m0/s1. The number of carbonyl (C=O) groups is 1. The SMILES string of the molecule is C[C@H]1COc2ccccc2[C@H]1OC(=O)c1cnccn1. The molecule has 20 heavy (non-hydrogen) atoms. The third kappa shape index (κ3) is 2.34. The fraction of sp³-hybridized carbons (Fsp3) is 0.267. The van der Waals surface area contributed by atoms with Crippen molar-refractivity contribution in [2.24, 2.45) is 5.92 Å². The summed E-state index contributed by atoms with van der Waals surface area (Å²) in [5.41, 5.74) is 1.10. The van der Waals surface area contributed by atoms with Crippen LogP contribution in [-0.4, -0.2) is 22.5 Å². The lowest BCUT2D eigenvalue weighted by atomic mass is 9.94. The molecule has 0 N–H and O–H groups in total. The van der Waals surface area contributed by atoms with E-state index in [2.05, 4.69) is 9.97 Å². The summed E-state index contributed by atoms with van der Waals surface area (Å²) in [7, 11) is 0. The molecule has 0 radical (unpaired) electrons. The number of benzene rings is 1. The largest absolute Gasteiger partial charge is 0.493 e. The molecule has 0 unspecified atom stereocenters. The molecular weight excluding hydrogens is 256 g/mol. The highest BCUT2D eigenvalue weighted by atomic mass is 16.6. The van der Waals surface area contributed by atoms with Crippen LogP contribution in [-0.2, 0) is 4.74 Å². The molecule has 5 heteroatoms. The number of ether oxygens (including phenoxy) is 2. The van der Waals surface area contributed by atoms with Crippen LogP contribution in [0.1, 0.15) is 29.1 Å². The maximum atomic E-state index is 12.1. The van der Waals surface area contributed by atoms with Gasteiger partial charge in [0.05, 0.1) is 12.8 Å². The first-order valence-electron chi connectivity index (χ1n) is 6.44. The van der Waals surface area contributed by atoms with Gasteiger partial charge in [0.1, 0.15) is 11.9 Å². The smallest absolute Gasteiger partial charge is 0.359 e. The molecule has 0 amide bonds. The zero-order valence-electron chi connectivity index (χ0n) is 11.0. The predicted octanol–water partition coefficient (Wildman–Crippen LogP) is 2.40. The molecule has 1 aliphatic heterocycles. The fourth-order valence-electron chi connectivity index (χ4n) is 2.22. The first-order chi connectivity index (χ1) is 9.75. The first-order valence-corrected chi connectivity index (χ1v) is 6.44. The molecule has 0 fully saturated rings. The molecule has 0 bridgehead atoms. The van der Waals surface area contributed by atoms with Gasteiger partial charge in [0.15, 0.2) is 5.69 Å². The Kier molecular flexibility index (Phi) is 3.33. The summed E-state index contributed by atoms with van der Waals surface area (Å²) in [6.45, 7) is 2.51. The Morgan fingerprint density at radius 3 is 3.00 bits per heavy atom. The topological polar surface area (TPSA) is 61.3 Å². The van der Waals surface area contributed by atoms with Crippen molar-refractivity contribution in [2.75, 3.05) is 6.61 Å². The second kappa shape index (κ2) is 5.28. The van der Waals surface area contributed by atoms with Crippen LogP contribution in [0.3, 0.4) is 0 Å². The van der Waals surface area contributed by atoms with Crippen LogP contribution in [0.2, 0.25) is 0 Å². The summed E-state index contributed by atoms with van der Waals surface area (Å²) in [6, 6.07) is 7.60. The van der Waals surface area contributed by atoms with E-state index in [-0.39, 0.29) is 17.7 Å². The lowest BCUT2D eigenvalue weighted by Crippen LogP contribution is -2.27. The van der Waals surface area contributed by atoms with E-state index >= 15 is 0 Å². The summed E-state index contributed by atoms with van der Waals surface area (Å²) >= 11 is 0. The van der Waals surface area contributed by atoms with Crippen molar-refractivity contribution in [1.29, 1.82) is 0 Å². The maximum absolute atomic E-state index is 12.1. The summed E-state index contributed by atoms with van der Waals surface area (Å²) < 4.78 is 11.2. The van der Waals surface area contributed by atoms with Crippen molar-refractivity contribution in [1.82, 2.24) is 9.97 Å². The molecule has 102 valence electrons. The van der Waals surface area contributed by atoms with Crippen LogP contribution < -0.4 is 4.74 Å². The van der Waals surface area contributed by atoms with E-state index in [1.54, 1.807) is 0 Å². The Labute approximate surface area is 116 Å². The highest BCUT2D eigenvalue weighted by molar-refractivity contribution is 5.87. The lowest BCUT2D eigenvalue weighted by Gasteiger charge is -2.30. The minimum absolute atomic E-state index is 0.0884. The van der Waals surface area contributed by atoms with Crippen molar-refractivity contribution in [2.45, 2.75) is 13.0 Å². The molecule has 1 aromatic heterocycles. The van der Waals surface area contributed by atoms with E-state index in [0.29, 0.717) is 6.61 Å². The van der Waals surface area contributed by atoms with Gasteiger partial charge >= 0.3 is 5.97 Å². The van der Waals surface area contributed by atoms with Gasteiger partial charge in [-0.2, -0.15) is 0 Å². The number of rotatable bonds is 2. The van der Waals surface area contributed by atoms with Crippen LogP contribution in [0.5, 0.6) is 5.75 Å². The molecular formula is C15H14N2O3. The molecule has 1 aromatic carbocycles. The van der Waals surface area contributed by atoms with Crippen molar-refractivity contribution >= 4 is 5.97 Å². The first kappa shape index (κ1) is 12.6. The number of aromatic nitrogens is 2. The van der Waals surface area contributed by atoms with Gasteiger partial charge in [-0.3, -0.25) is 4.98 Å². The number of para-hydroxylation sites is 1. The summed E-state index contributed by atoms with van der Waals surface area (Å²) in [4.78, 5) is 19.9. The van der Waals surface area contributed by atoms with Gasteiger partial charge in [0.25, 0.3) is 0 Å². The van der Waals surface area contributed by atoms with Crippen LogP contribution in [0.25, 0.3) is 0 Å². The van der Waals surface area contributed by atoms with Gasteiger partial charge in [0, 0.05) is 23.9 Å². The van der Waals surface area contributed by atoms with E-state index in [9.17, 15) is 4.79 Å². The summed E-state index contributed by atoms with van der Waals surface area (Å²) in [6.07, 6.45) is 4.06. The van der Waals surface area contributed by atoms with Crippen molar-refractivity contribution in [3.05, 3.63) is 54.1 Å². The van der Waals surface area contributed by atoms with Crippen molar-refractivity contribution in [3.63, 3.8) is 0 Å². The van der Waals surface area contributed by atoms with E-state index in [1.165, 1.54) is 18.6 Å². The molecule has 2 atom stereocenters. The molecule has 0 saturated carbocycles. The van der Waals surface area contributed by atoms with Crippen LogP contribution in [0, 0.1) is 5.92 Å². The van der Waals surface area contributed by atoms with Crippen LogP contribution in [0.15, 0.2) is 42.9 Å². The molecule has 2 aromatic rings. The number of esters is 1. The lowest BCUT2D eigenvalue weighted by molar-refractivity contribution is -0.000843. The molecule has 0 aliphatic carbocycles. The molecule has 5 nitrogen and oxygen atoms in total. The fourth-order valence-corrected chi connectivity index (χ4v) is 2.22. The minimum Gasteiger partial charge on any atom is -0.493 e. The Balaban J connectivity index is 1.85. The molecule has 0 spiro atoms. The Morgan fingerprint density at radius 1 is 1.35 bits per heavy atom. The van der Waals surface area contributed by atoms with E-state index in [0.717, 1.165) is 11.3 Å². The number of nitrogens with zero attached hydrogens (tertiary/aromatic N) is 2. The minimum atomic E-state index is -0.466. The van der Waals surface area contributed by atoms with Gasteiger partial charge in [-0.15, -0.1) is 0 Å². The average Bonchev–Trinajstić information content (AvgIpc) is 2.51. The Hall–Kier alpha value is -2.43. The molecule has 2 heterocycles. The van der Waals surface area contributed by atoms with Crippen LogP contribution >= 0.6 is 0 Å². The Bertz CT molecular complexity index is 616. The zero-order chi connectivity index (χ0) is 13.9. The summed E-state index contributed by atoms with van der Waals surface area (Å²) in [5, 5.41) is 0. The molecule has 3 rings (SSSR count). The van der Waals surface area contributed by atoms with Gasteiger partial charge in [-0.25, -0.2) is 9.78 Å². The number of carbonyl (C=O) groups excluding carboxylic acids is 1. The van der Waals surface area contributed by atoms with Crippen molar-refractivity contribution < 1.29 is 14.3 Å². The monoisotopic (exact) mass is 270 g/mol. The van der Waals surface area contributed by atoms with Crippen LogP contribution in [0.4, 0.5) is 0 Å². The Morgan fingerprint density at radius 2 is 2.20 bits per heavy atom. The third-order valence-electron chi connectivity index (χ3n) is 3.25. The maximum Gasteiger partial charge on any atom is 0.359 e. The number of hydrogen-bond donors (Lipinski definition) is 0. The second-order valence-electron chi connectivity index (χ2n) is 4.74. The highest BCUT2D eigenvalue weighted by Gasteiger charge is 2.31. The van der Waals surface area contributed by atoms with Gasteiger partial charge in [-0.05, 0) is 6.07 Å². The molecule has 0 saturated heterocycles. The predicted molar refractivity (Wildman–Crippen MR) is 71.3 cm³/mol.